The summed E-state index contributed by atoms with van der Waals surface area (Å²) in [5, 5.41) is 8.79. The second-order valence-electron chi connectivity index (χ2n) is 8.18. The summed E-state index contributed by atoms with van der Waals surface area (Å²) in [7, 11) is 1.57. The zero-order chi connectivity index (χ0) is 22.5. The third kappa shape index (κ3) is 5.01. The second kappa shape index (κ2) is 9.72. The van der Waals surface area contributed by atoms with Gasteiger partial charge in [-0.25, -0.2) is 9.78 Å². The summed E-state index contributed by atoms with van der Waals surface area (Å²) in [6.45, 7) is 2.94. The molecule has 3 aromatic rings. The number of nitrogens with one attached hydrogen (secondary N) is 3. The van der Waals surface area contributed by atoms with Crippen molar-refractivity contribution in [1.82, 2.24) is 20.2 Å². The molecule has 0 aliphatic heterocycles. The number of methoxy groups -OCH3 is 1. The smallest absolute Gasteiger partial charge is 0.319 e. The van der Waals surface area contributed by atoms with E-state index in [-0.39, 0.29) is 18.0 Å². The Morgan fingerprint density at radius 1 is 1.16 bits per heavy atom. The number of carbonyl (C=O) groups is 2. The number of hydrogen-bond acceptors (Lipinski definition) is 4. The van der Waals surface area contributed by atoms with Gasteiger partial charge in [0.05, 0.1) is 30.2 Å². The maximum absolute atomic E-state index is 12.5. The van der Waals surface area contributed by atoms with Gasteiger partial charge in [-0.15, -0.1) is 0 Å². The quantitative estimate of drug-likeness (QED) is 0.525. The van der Waals surface area contributed by atoms with Crippen LogP contribution in [0.15, 0.2) is 42.7 Å². The monoisotopic (exact) mass is 435 g/mol. The lowest BCUT2D eigenvalue weighted by atomic mass is 10.1. The molecule has 2 aromatic carbocycles. The normalized spacial score (nSPS) is 13.8. The summed E-state index contributed by atoms with van der Waals surface area (Å²) in [6, 6.07) is 11.2. The van der Waals surface area contributed by atoms with Crippen LogP contribution in [-0.2, 0) is 6.54 Å². The maximum atomic E-state index is 12.5. The van der Waals surface area contributed by atoms with Crippen molar-refractivity contribution in [1.29, 1.82) is 0 Å². The number of aromatic nitrogens is 2. The van der Waals surface area contributed by atoms with E-state index in [1.807, 2.05) is 47.9 Å². The van der Waals surface area contributed by atoms with Gasteiger partial charge in [-0.05, 0) is 55.7 Å². The van der Waals surface area contributed by atoms with Crippen molar-refractivity contribution >= 4 is 28.7 Å². The lowest BCUT2D eigenvalue weighted by molar-refractivity contribution is 0.0938. The Labute approximate surface area is 187 Å². The van der Waals surface area contributed by atoms with E-state index in [1.165, 1.54) is 12.8 Å². The number of aryl methyl sites for hydroxylation is 1. The first-order valence-corrected chi connectivity index (χ1v) is 11.0. The molecule has 32 heavy (non-hydrogen) atoms. The van der Waals surface area contributed by atoms with Crippen molar-refractivity contribution in [3.63, 3.8) is 0 Å². The van der Waals surface area contributed by atoms with Crippen molar-refractivity contribution in [3.05, 3.63) is 53.9 Å². The Morgan fingerprint density at radius 3 is 2.75 bits per heavy atom. The van der Waals surface area contributed by atoms with E-state index < -0.39 is 0 Å². The topological polar surface area (TPSA) is 97.3 Å². The van der Waals surface area contributed by atoms with Crippen LogP contribution in [0.4, 0.5) is 10.5 Å². The minimum Gasteiger partial charge on any atom is -0.495 e. The molecule has 1 saturated carbocycles. The van der Waals surface area contributed by atoms with E-state index >= 15 is 0 Å². The lowest BCUT2D eigenvalue weighted by Gasteiger charge is -2.13. The number of anilines is 1. The second-order valence-corrected chi connectivity index (χ2v) is 8.18. The van der Waals surface area contributed by atoms with Crippen LogP contribution in [0.25, 0.3) is 11.0 Å². The van der Waals surface area contributed by atoms with E-state index in [2.05, 4.69) is 20.9 Å². The van der Waals surface area contributed by atoms with Gasteiger partial charge < -0.3 is 25.3 Å². The van der Waals surface area contributed by atoms with Crippen LogP contribution in [0.1, 0.15) is 41.6 Å². The summed E-state index contributed by atoms with van der Waals surface area (Å²) < 4.78 is 7.25. The first-order chi connectivity index (χ1) is 15.5. The summed E-state index contributed by atoms with van der Waals surface area (Å²) >= 11 is 0. The highest BCUT2D eigenvalue weighted by Gasteiger charge is 2.18. The molecule has 1 heterocycles. The summed E-state index contributed by atoms with van der Waals surface area (Å²) in [5.41, 5.74) is 3.96. The van der Waals surface area contributed by atoms with E-state index in [1.54, 1.807) is 13.4 Å². The highest BCUT2D eigenvalue weighted by atomic mass is 16.5. The number of rotatable bonds is 7. The lowest BCUT2D eigenvalue weighted by Crippen LogP contribution is -2.32. The van der Waals surface area contributed by atoms with Crippen LogP contribution in [-0.4, -0.2) is 41.2 Å². The third-order valence-electron chi connectivity index (χ3n) is 5.82. The van der Waals surface area contributed by atoms with Gasteiger partial charge in [0.2, 0.25) is 0 Å². The van der Waals surface area contributed by atoms with Crippen molar-refractivity contribution in [2.75, 3.05) is 19.0 Å². The van der Waals surface area contributed by atoms with Crippen LogP contribution >= 0.6 is 0 Å². The fraction of sp³-hybridized carbons (Fsp3) is 0.375. The third-order valence-corrected chi connectivity index (χ3v) is 5.82. The molecule has 1 aliphatic carbocycles. The van der Waals surface area contributed by atoms with Crippen LogP contribution in [0, 0.1) is 6.92 Å². The average Bonchev–Trinajstić information content (AvgIpc) is 3.43. The Morgan fingerprint density at radius 2 is 1.97 bits per heavy atom. The highest BCUT2D eigenvalue weighted by molar-refractivity contribution is 5.97. The zero-order valence-corrected chi connectivity index (χ0v) is 18.5. The number of nitrogens with zero attached hydrogens (tertiary/aromatic N) is 2. The number of ether oxygens (including phenoxy) is 1. The molecule has 0 spiro atoms. The van der Waals surface area contributed by atoms with Crippen LogP contribution in [0.5, 0.6) is 5.75 Å². The van der Waals surface area contributed by atoms with Gasteiger partial charge in [0.1, 0.15) is 5.75 Å². The number of hydrogen-bond donors (Lipinski definition) is 3. The number of fused-ring (bicyclic) bond motifs is 1. The molecule has 4 rings (SSSR count). The van der Waals surface area contributed by atoms with E-state index in [4.69, 9.17) is 4.74 Å². The fourth-order valence-electron chi connectivity index (χ4n) is 4.10. The standard InChI is InChI=1S/C24H29N5O3/c1-16-7-10-22(32-2)20(13-16)28-24(31)25-11-12-29-15-26-19-14-17(8-9-21(19)29)23(30)27-18-5-3-4-6-18/h7-10,13-15,18H,3-6,11-12H2,1-2H3,(H,27,30)(H2,25,28,31). The van der Waals surface area contributed by atoms with E-state index in [0.29, 0.717) is 30.1 Å². The SMILES string of the molecule is COc1ccc(C)cc1NC(=O)NCCn1cnc2cc(C(=O)NC3CCCC3)ccc21. The number of urea groups is 1. The van der Waals surface area contributed by atoms with Gasteiger partial charge >= 0.3 is 6.03 Å². The summed E-state index contributed by atoms with van der Waals surface area (Å²) in [4.78, 5) is 29.2. The molecule has 0 bridgehead atoms. The summed E-state index contributed by atoms with van der Waals surface area (Å²) in [5.74, 6) is 0.567. The van der Waals surface area contributed by atoms with E-state index in [0.717, 1.165) is 29.4 Å². The minimum absolute atomic E-state index is 0.0433. The van der Waals surface area contributed by atoms with Crippen molar-refractivity contribution in [2.45, 2.75) is 45.2 Å². The molecule has 0 atom stereocenters. The first-order valence-electron chi connectivity index (χ1n) is 11.0. The Kier molecular flexibility index (Phi) is 6.58. The van der Waals surface area contributed by atoms with Gasteiger partial charge in [0.15, 0.2) is 0 Å². The van der Waals surface area contributed by atoms with Crippen LogP contribution < -0.4 is 20.7 Å². The molecule has 8 nitrogen and oxygen atoms in total. The van der Waals surface area contributed by atoms with Crippen LogP contribution in [0.3, 0.4) is 0 Å². The number of imidazole rings is 1. The molecular formula is C24H29N5O3. The molecule has 1 fully saturated rings. The van der Waals surface area contributed by atoms with Gasteiger partial charge in [-0.2, -0.15) is 0 Å². The van der Waals surface area contributed by atoms with Gasteiger partial charge in [-0.3, -0.25) is 4.79 Å². The molecule has 3 amide bonds. The Hall–Kier alpha value is -3.55. The molecular weight excluding hydrogens is 406 g/mol. The molecule has 8 heteroatoms. The van der Waals surface area contributed by atoms with Crippen molar-refractivity contribution in [3.8, 4) is 5.75 Å². The number of amides is 3. The Balaban J connectivity index is 1.33. The molecule has 1 aromatic heterocycles. The van der Waals surface area contributed by atoms with Crippen molar-refractivity contribution in [2.24, 2.45) is 0 Å². The average molecular weight is 436 g/mol. The molecule has 0 unspecified atom stereocenters. The highest BCUT2D eigenvalue weighted by Crippen LogP contribution is 2.25. The summed E-state index contributed by atoms with van der Waals surface area (Å²) in [6.07, 6.45) is 6.20. The van der Waals surface area contributed by atoms with E-state index in [9.17, 15) is 9.59 Å². The predicted molar refractivity (Wildman–Crippen MR) is 124 cm³/mol. The number of carbonyl (C=O) groups excluding carboxylic acids is 2. The first kappa shape index (κ1) is 21.7. The number of benzene rings is 2. The van der Waals surface area contributed by atoms with Crippen molar-refractivity contribution < 1.29 is 14.3 Å². The predicted octanol–water partition coefficient (Wildman–Crippen LogP) is 3.85. The van der Waals surface area contributed by atoms with Gasteiger partial charge in [0, 0.05) is 24.7 Å². The van der Waals surface area contributed by atoms with Gasteiger partial charge in [0.25, 0.3) is 5.91 Å². The Bertz CT molecular complexity index is 1120. The molecule has 0 radical (unpaired) electrons. The van der Waals surface area contributed by atoms with Gasteiger partial charge in [-0.1, -0.05) is 18.9 Å². The van der Waals surface area contributed by atoms with Crippen LogP contribution in [0.2, 0.25) is 0 Å². The minimum atomic E-state index is -0.302. The molecule has 3 N–H and O–H groups in total. The molecule has 1 aliphatic rings. The fourth-order valence-corrected chi connectivity index (χ4v) is 4.10. The zero-order valence-electron chi connectivity index (χ0n) is 18.5. The largest absolute Gasteiger partial charge is 0.495 e. The maximum Gasteiger partial charge on any atom is 0.319 e. The molecule has 0 saturated heterocycles. The molecule has 168 valence electrons.